The topological polar surface area (TPSA) is 17.1 Å². The molecular weight excluding hydrogens is 252 g/mol. The van der Waals surface area contributed by atoms with Gasteiger partial charge in [-0.3, -0.25) is 4.79 Å². The van der Waals surface area contributed by atoms with E-state index in [0.29, 0.717) is 0 Å². The van der Waals surface area contributed by atoms with Crippen molar-refractivity contribution in [2.75, 3.05) is 5.75 Å². The van der Waals surface area contributed by atoms with Gasteiger partial charge >= 0.3 is 0 Å². The van der Waals surface area contributed by atoms with Crippen LogP contribution < -0.4 is 0 Å². The van der Waals surface area contributed by atoms with Crippen molar-refractivity contribution in [1.82, 2.24) is 0 Å². The van der Waals surface area contributed by atoms with Gasteiger partial charge in [0.05, 0.1) is 0 Å². The first-order valence-electron chi connectivity index (χ1n) is 6.30. The van der Waals surface area contributed by atoms with Gasteiger partial charge in [-0.05, 0) is 11.3 Å². The first-order valence-corrected chi connectivity index (χ1v) is 7.29. The lowest BCUT2D eigenvalue weighted by Gasteiger charge is -2.05. The Morgan fingerprint density at radius 1 is 0.947 bits per heavy atom. The summed E-state index contributed by atoms with van der Waals surface area (Å²) in [4.78, 5) is 13.2. The minimum absolute atomic E-state index is 0.0559. The summed E-state index contributed by atoms with van der Waals surface area (Å²) < 4.78 is 0. The van der Waals surface area contributed by atoms with Gasteiger partial charge in [0.1, 0.15) is 0 Å². The molecule has 0 radical (unpaired) electrons. The van der Waals surface area contributed by atoms with Crippen LogP contribution in [-0.4, -0.2) is 11.5 Å². The van der Waals surface area contributed by atoms with E-state index in [1.165, 1.54) is 0 Å². The Labute approximate surface area is 118 Å². The molecule has 0 bridgehead atoms. The second-order valence-corrected chi connectivity index (χ2v) is 5.34. The van der Waals surface area contributed by atoms with E-state index in [4.69, 9.17) is 0 Å². The van der Waals surface area contributed by atoms with Crippen LogP contribution in [0, 0.1) is 0 Å². The predicted molar refractivity (Wildman–Crippen MR) is 83.3 cm³/mol. The third-order valence-electron chi connectivity index (χ3n) is 2.68. The third-order valence-corrected chi connectivity index (χ3v) is 3.63. The van der Waals surface area contributed by atoms with Gasteiger partial charge in [0, 0.05) is 16.5 Å². The Balaban J connectivity index is 2.29. The van der Waals surface area contributed by atoms with Crippen molar-refractivity contribution in [2.24, 2.45) is 0 Å². The molecule has 0 aromatic heterocycles. The molecule has 0 aliphatic heterocycles. The van der Waals surface area contributed by atoms with Gasteiger partial charge in [-0.25, -0.2) is 0 Å². The first kappa shape index (κ1) is 13.6. The van der Waals surface area contributed by atoms with Crippen LogP contribution in [0.3, 0.4) is 0 Å². The van der Waals surface area contributed by atoms with Crippen LogP contribution in [-0.2, 0) is 0 Å². The van der Waals surface area contributed by atoms with Crippen molar-refractivity contribution in [1.29, 1.82) is 0 Å². The minimum Gasteiger partial charge on any atom is -0.289 e. The standard InChI is InChI=1S/C17H16OS/c1-2-19-17(15-11-7-4-8-12-15)13-16(18)14-9-5-3-6-10-14/h3-13H,2H2,1H3/b17-13+. The van der Waals surface area contributed by atoms with Crippen molar-refractivity contribution >= 4 is 22.5 Å². The number of hydrogen-bond acceptors (Lipinski definition) is 2. The van der Waals surface area contributed by atoms with Crippen molar-refractivity contribution in [3.05, 3.63) is 77.9 Å². The van der Waals surface area contributed by atoms with Crippen LogP contribution in [0.1, 0.15) is 22.8 Å². The van der Waals surface area contributed by atoms with Gasteiger partial charge in [0.15, 0.2) is 5.78 Å². The van der Waals surface area contributed by atoms with E-state index in [2.05, 4.69) is 6.92 Å². The Kier molecular flexibility index (Phi) is 4.99. The highest BCUT2D eigenvalue weighted by Crippen LogP contribution is 2.27. The number of ketones is 1. The molecule has 2 aromatic carbocycles. The fourth-order valence-corrected chi connectivity index (χ4v) is 2.58. The zero-order chi connectivity index (χ0) is 13.5. The molecular formula is C17H16OS. The monoisotopic (exact) mass is 268 g/mol. The first-order chi connectivity index (χ1) is 9.31. The lowest BCUT2D eigenvalue weighted by Crippen LogP contribution is -1.95. The van der Waals surface area contributed by atoms with Crippen molar-refractivity contribution in [3.8, 4) is 0 Å². The highest BCUT2D eigenvalue weighted by Gasteiger charge is 2.06. The Hall–Kier alpha value is -1.80. The fraction of sp³-hybridized carbons (Fsp3) is 0.118. The van der Waals surface area contributed by atoms with Gasteiger partial charge in [0.2, 0.25) is 0 Å². The van der Waals surface area contributed by atoms with Gasteiger partial charge in [-0.15, -0.1) is 11.8 Å². The van der Waals surface area contributed by atoms with Crippen LogP contribution in [0.4, 0.5) is 0 Å². The molecule has 0 fully saturated rings. The fourth-order valence-electron chi connectivity index (χ4n) is 1.77. The van der Waals surface area contributed by atoms with E-state index in [1.54, 1.807) is 17.8 Å². The smallest absolute Gasteiger partial charge is 0.186 e. The Morgan fingerprint density at radius 2 is 1.47 bits per heavy atom. The zero-order valence-electron chi connectivity index (χ0n) is 10.9. The predicted octanol–water partition coefficient (Wildman–Crippen LogP) is 4.66. The molecule has 0 atom stereocenters. The maximum absolute atomic E-state index is 12.2. The normalized spacial score (nSPS) is 11.3. The molecule has 2 aromatic rings. The molecule has 0 aliphatic carbocycles. The average Bonchev–Trinajstić information content (AvgIpc) is 2.48. The van der Waals surface area contributed by atoms with Crippen molar-refractivity contribution < 1.29 is 4.79 Å². The van der Waals surface area contributed by atoms with E-state index < -0.39 is 0 Å². The van der Waals surface area contributed by atoms with Crippen LogP contribution in [0.2, 0.25) is 0 Å². The molecule has 0 saturated heterocycles. The minimum atomic E-state index is 0.0559. The molecule has 96 valence electrons. The summed E-state index contributed by atoms with van der Waals surface area (Å²) in [5.74, 6) is 1.00. The average molecular weight is 268 g/mol. The molecule has 19 heavy (non-hydrogen) atoms. The van der Waals surface area contributed by atoms with E-state index in [1.807, 2.05) is 60.7 Å². The number of hydrogen-bond donors (Lipinski definition) is 0. The number of benzene rings is 2. The largest absolute Gasteiger partial charge is 0.289 e. The highest BCUT2D eigenvalue weighted by molar-refractivity contribution is 8.08. The lowest BCUT2D eigenvalue weighted by molar-refractivity contribution is 0.104. The summed E-state index contributed by atoms with van der Waals surface area (Å²) in [5.41, 5.74) is 1.83. The summed E-state index contributed by atoms with van der Waals surface area (Å²) in [5, 5.41) is 0. The number of allylic oxidation sites excluding steroid dienone is 1. The Bertz CT molecular complexity index is 558. The molecule has 0 amide bonds. The number of rotatable bonds is 5. The molecule has 0 aliphatic rings. The summed E-state index contributed by atoms with van der Waals surface area (Å²) in [6, 6.07) is 19.4. The van der Waals surface area contributed by atoms with E-state index in [-0.39, 0.29) is 5.78 Å². The van der Waals surface area contributed by atoms with E-state index >= 15 is 0 Å². The maximum Gasteiger partial charge on any atom is 0.186 e. The molecule has 0 unspecified atom stereocenters. The molecule has 1 nitrogen and oxygen atoms in total. The molecule has 2 rings (SSSR count). The quantitative estimate of drug-likeness (QED) is 0.579. The number of carbonyl (C=O) groups is 1. The zero-order valence-corrected chi connectivity index (χ0v) is 11.7. The molecule has 0 spiro atoms. The van der Waals surface area contributed by atoms with Crippen molar-refractivity contribution in [3.63, 3.8) is 0 Å². The number of carbonyl (C=O) groups excluding carboxylic acids is 1. The van der Waals surface area contributed by atoms with E-state index in [9.17, 15) is 4.79 Å². The van der Waals surface area contributed by atoms with Gasteiger partial charge in [-0.2, -0.15) is 0 Å². The van der Waals surface area contributed by atoms with Gasteiger partial charge < -0.3 is 0 Å². The second kappa shape index (κ2) is 6.95. The summed E-state index contributed by atoms with van der Waals surface area (Å²) in [6.07, 6.45) is 1.73. The maximum atomic E-state index is 12.2. The van der Waals surface area contributed by atoms with Gasteiger partial charge in [0.25, 0.3) is 0 Å². The van der Waals surface area contributed by atoms with Gasteiger partial charge in [-0.1, -0.05) is 67.6 Å². The molecule has 0 saturated carbocycles. The second-order valence-electron chi connectivity index (χ2n) is 4.04. The number of thioether (sulfide) groups is 1. The summed E-state index contributed by atoms with van der Waals surface area (Å²) >= 11 is 1.69. The van der Waals surface area contributed by atoms with E-state index in [0.717, 1.165) is 21.8 Å². The van der Waals surface area contributed by atoms with Crippen LogP contribution >= 0.6 is 11.8 Å². The van der Waals surface area contributed by atoms with Crippen molar-refractivity contribution in [2.45, 2.75) is 6.92 Å². The van der Waals surface area contributed by atoms with Crippen LogP contribution in [0.5, 0.6) is 0 Å². The van der Waals surface area contributed by atoms with Crippen LogP contribution in [0.25, 0.3) is 4.91 Å². The highest BCUT2D eigenvalue weighted by atomic mass is 32.2. The third kappa shape index (κ3) is 3.83. The molecule has 0 N–H and O–H groups in total. The lowest BCUT2D eigenvalue weighted by atomic mass is 10.1. The molecule has 2 heteroatoms. The SMILES string of the molecule is CCS/C(=C/C(=O)c1ccccc1)c1ccccc1. The summed E-state index contributed by atoms with van der Waals surface area (Å²) in [6.45, 7) is 2.09. The van der Waals surface area contributed by atoms with Crippen LogP contribution in [0.15, 0.2) is 66.7 Å². The summed E-state index contributed by atoms with van der Waals surface area (Å²) in [7, 11) is 0. The molecule has 0 heterocycles. The Morgan fingerprint density at radius 3 is 2.00 bits per heavy atom.